The highest BCUT2D eigenvalue weighted by Crippen LogP contribution is 2.37. The summed E-state index contributed by atoms with van der Waals surface area (Å²) in [5, 5.41) is 10.3. The van der Waals surface area contributed by atoms with Crippen LogP contribution >= 0.6 is 11.6 Å². The normalized spacial score (nSPS) is 16.7. The number of anilines is 2. The van der Waals surface area contributed by atoms with Crippen molar-refractivity contribution in [2.24, 2.45) is 0 Å². The Kier molecular flexibility index (Phi) is 15.1. The van der Waals surface area contributed by atoms with Gasteiger partial charge in [-0.05, 0) is 61.9 Å². The number of halogens is 1. The number of nitrogens with zero attached hydrogens (tertiary/aromatic N) is 7. The Morgan fingerprint density at radius 1 is 1.02 bits per heavy atom. The fourth-order valence-corrected chi connectivity index (χ4v) is 7.73. The topological polar surface area (TPSA) is 98.1 Å². The Labute approximate surface area is 325 Å². The number of nitriles is 1. The van der Waals surface area contributed by atoms with Crippen LogP contribution in [0, 0.1) is 18.3 Å². The largest absolute Gasteiger partial charge is 0.462 e. The molecule has 0 spiro atoms. The number of piperazine rings is 1. The van der Waals surface area contributed by atoms with Crippen LogP contribution in [-0.4, -0.2) is 90.7 Å². The first-order chi connectivity index (χ1) is 26.4. The standard InChI is InChI=1S/C39H45ClN6O3.C2H3N.C2H6/c1-3-36(47)44-18-20-45(21-19-44)38-32-15-17-46(35-14-6-11-30-10-5-13-33(40)37(30)35)25-34(32)41-39(42-38)49-27-31-12-7-16-43(31)22-23-48-26-29-9-4-8-28(2)24-29;1-2-3;1-2/h3-6,8-11,13-14,24,31H,1,7,12,15-23,25-27H2,2H3;1H3;1-2H3. The van der Waals surface area contributed by atoms with E-state index in [-0.39, 0.29) is 11.9 Å². The smallest absolute Gasteiger partial charge is 0.318 e. The number of aromatic nitrogens is 2. The predicted molar refractivity (Wildman–Crippen MR) is 218 cm³/mol. The van der Waals surface area contributed by atoms with E-state index in [1.807, 2.05) is 30.9 Å². The molecule has 54 heavy (non-hydrogen) atoms. The van der Waals surface area contributed by atoms with Crippen LogP contribution in [0.5, 0.6) is 6.01 Å². The molecular weight excluding hydrogens is 698 g/mol. The zero-order valence-corrected chi connectivity index (χ0v) is 33.0. The molecule has 7 rings (SSSR count). The summed E-state index contributed by atoms with van der Waals surface area (Å²) in [5.41, 5.74) is 5.71. The molecule has 2 saturated heterocycles. The van der Waals surface area contributed by atoms with Gasteiger partial charge in [0.2, 0.25) is 5.91 Å². The van der Waals surface area contributed by atoms with Gasteiger partial charge in [-0.2, -0.15) is 15.2 Å². The molecule has 3 aromatic carbocycles. The monoisotopic (exact) mass is 751 g/mol. The van der Waals surface area contributed by atoms with E-state index in [1.54, 1.807) is 6.07 Å². The quantitative estimate of drug-likeness (QED) is 0.113. The Hall–Kier alpha value is -4.69. The maximum atomic E-state index is 12.3. The van der Waals surface area contributed by atoms with Gasteiger partial charge < -0.3 is 24.2 Å². The first-order valence-corrected chi connectivity index (χ1v) is 19.6. The van der Waals surface area contributed by atoms with Gasteiger partial charge >= 0.3 is 6.01 Å². The van der Waals surface area contributed by atoms with Crippen molar-refractivity contribution >= 4 is 39.8 Å². The second kappa shape index (κ2) is 20.1. The number of ether oxygens (including phenoxy) is 2. The van der Waals surface area contributed by atoms with Crippen LogP contribution in [0.1, 0.15) is 56.0 Å². The molecule has 1 atom stereocenters. The van der Waals surface area contributed by atoms with Gasteiger partial charge in [0.05, 0.1) is 36.5 Å². The molecule has 0 saturated carbocycles. The minimum Gasteiger partial charge on any atom is -0.462 e. The number of benzene rings is 3. The summed E-state index contributed by atoms with van der Waals surface area (Å²) < 4.78 is 12.5. The number of rotatable bonds is 11. The zero-order chi connectivity index (χ0) is 38.5. The number of aryl methyl sites for hydroxylation is 1. The number of hydrogen-bond donors (Lipinski definition) is 0. The summed E-state index contributed by atoms with van der Waals surface area (Å²) in [6.45, 7) is 19.1. The Bertz CT molecular complexity index is 1900. The first-order valence-electron chi connectivity index (χ1n) is 19.2. The average Bonchev–Trinajstić information content (AvgIpc) is 3.66. The fourth-order valence-electron chi connectivity index (χ4n) is 7.45. The van der Waals surface area contributed by atoms with E-state index in [9.17, 15) is 4.79 Å². The highest BCUT2D eigenvalue weighted by molar-refractivity contribution is 6.36. The second-order valence-corrected chi connectivity index (χ2v) is 13.9. The van der Waals surface area contributed by atoms with Gasteiger partial charge in [0.25, 0.3) is 0 Å². The van der Waals surface area contributed by atoms with Gasteiger partial charge in [0, 0.05) is 68.9 Å². The molecule has 10 nitrogen and oxygen atoms in total. The second-order valence-electron chi connectivity index (χ2n) is 13.5. The van der Waals surface area contributed by atoms with Crippen molar-refractivity contribution in [2.45, 2.75) is 66.2 Å². The lowest BCUT2D eigenvalue weighted by molar-refractivity contribution is -0.126. The summed E-state index contributed by atoms with van der Waals surface area (Å²) in [7, 11) is 0. The predicted octanol–water partition coefficient (Wildman–Crippen LogP) is 7.61. The van der Waals surface area contributed by atoms with Gasteiger partial charge in [-0.25, -0.2) is 0 Å². The van der Waals surface area contributed by atoms with Crippen LogP contribution in [0.25, 0.3) is 10.8 Å². The SMILES string of the molecule is C=CC(=O)N1CCN(c2nc(OCC3CCCN3CCOCc3cccc(C)c3)nc3c2CCN(c2cccc4cccc(Cl)c24)C3)CC1.CC.CC#N. The van der Waals surface area contributed by atoms with Crippen LogP contribution in [0.2, 0.25) is 5.02 Å². The van der Waals surface area contributed by atoms with E-state index < -0.39 is 0 Å². The minimum atomic E-state index is -0.0283. The van der Waals surface area contributed by atoms with Gasteiger partial charge in [-0.3, -0.25) is 9.69 Å². The van der Waals surface area contributed by atoms with Crippen molar-refractivity contribution in [3.05, 3.63) is 101 Å². The number of carbonyl (C=O) groups is 1. The summed E-state index contributed by atoms with van der Waals surface area (Å²) >= 11 is 6.74. The number of fused-ring (bicyclic) bond motifs is 2. The third-order valence-corrected chi connectivity index (χ3v) is 10.4. The van der Waals surface area contributed by atoms with Crippen LogP contribution < -0.4 is 14.5 Å². The number of hydrogen-bond acceptors (Lipinski definition) is 9. The van der Waals surface area contributed by atoms with Crippen LogP contribution in [0.15, 0.2) is 73.3 Å². The van der Waals surface area contributed by atoms with Gasteiger partial charge in [-0.1, -0.05) is 86.1 Å². The molecule has 4 heterocycles. The van der Waals surface area contributed by atoms with Crippen molar-refractivity contribution < 1.29 is 14.3 Å². The lowest BCUT2D eigenvalue weighted by Gasteiger charge is -2.38. The van der Waals surface area contributed by atoms with E-state index in [0.717, 1.165) is 77.5 Å². The minimum absolute atomic E-state index is 0.0283. The zero-order valence-electron chi connectivity index (χ0n) is 32.3. The lowest BCUT2D eigenvalue weighted by atomic mass is 10.0. The molecule has 3 aliphatic heterocycles. The van der Waals surface area contributed by atoms with E-state index in [1.165, 1.54) is 24.1 Å². The Morgan fingerprint density at radius 3 is 2.50 bits per heavy atom. The summed E-state index contributed by atoms with van der Waals surface area (Å²) in [6, 6.07) is 23.3. The third kappa shape index (κ3) is 10.1. The van der Waals surface area contributed by atoms with Crippen LogP contribution in [-0.2, 0) is 29.1 Å². The molecule has 3 aliphatic rings. The Balaban J connectivity index is 0.00000107. The number of amides is 1. The Morgan fingerprint density at radius 2 is 1.76 bits per heavy atom. The van der Waals surface area contributed by atoms with Crippen molar-refractivity contribution in [2.75, 3.05) is 68.8 Å². The molecule has 1 unspecified atom stereocenters. The third-order valence-electron chi connectivity index (χ3n) is 10.0. The molecular formula is C43H54ClN7O3. The average molecular weight is 752 g/mol. The van der Waals surface area contributed by atoms with Crippen LogP contribution in [0.3, 0.4) is 0 Å². The molecule has 0 aliphatic carbocycles. The maximum Gasteiger partial charge on any atom is 0.318 e. The number of carbonyl (C=O) groups excluding carboxylic acids is 1. The van der Waals surface area contributed by atoms with E-state index >= 15 is 0 Å². The van der Waals surface area contributed by atoms with Crippen molar-refractivity contribution in [3.63, 3.8) is 0 Å². The molecule has 0 N–H and O–H groups in total. The van der Waals surface area contributed by atoms with Crippen molar-refractivity contribution in [1.29, 1.82) is 5.26 Å². The molecule has 0 bridgehead atoms. The molecule has 286 valence electrons. The molecule has 1 aromatic heterocycles. The van der Waals surface area contributed by atoms with Gasteiger partial charge in [-0.15, -0.1) is 0 Å². The molecule has 11 heteroatoms. The lowest BCUT2D eigenvalue weighted by Crippen LogP contribution is -2.49. The van der Waals surface area contributed by atoms with Crippen molar-refractivity contribution in [3.8, 4) is 12.1 Å². The van der Waals surface area contributed by atoms with Crippen LogP contribution in [0.4, 0.5) is 11.5 Å². The van der Waals surface area contributed by atoms with E-state index in [4.69, 9.17) is 36.3 Å². The van der Waals surface area contributed by atoms with Gasteiger partial charge in [0.1, 0.15) is 12.4 Å². The fraction of sp³-hybridized carbons (Fsp3) is 0.442. The number of likely N-dealkylation sites (tertiary alicyclic amines) is 1. The molecule has 4 aromatic rings. The molecule has 0 radical (unpaired) electrons. The molecule has 2 fully saturated rings. The van der Waals surface area contributed by atoms with E-state index in [0.29, 0.717) is 58.6 Å². The van der Waals surface area contributed by atoms with Crippen molar-refractivity contribution in [1.82, 2.24) is 19.8 Å². The highest BCUT2D eigenvalue weighted by atomic mass is 35.5. The first kappa shape index (κ1) is 40.5. The van der Waals surface area contributed by atoms with E-state index in [2.05, 4.69) is 76.7 Å². The summed E-state index contributed by atoms with van der Waals surface area (Å²) in [6.07, 6.45) is 4.41. The molecule has 1 amide bonds. The summed E-state index contributed by atoms with van der Waals surface area (Å²) in [5.74, 6) is 0.897. The van der Waals surface area contributed by atoms with Gasteiger partial charge in [0.15, 0.2) is 0 Å². The maximum absolute atomic E-state index is 12.3. The summed E-state index contributed by atoms with van der Waals surface area (Å²) in [4.78, 5) is 31.4. The highest BCUT2D eigenvalue weighted by Gasteiger charge is 2.30.